The molecular weight excluding hydrogens is 254 g/mol. The molecule has 0 aliphatic rings. The van der Waals surface area contributed by atoms with Gasteiger partial charge in [-0.05, 0) is 25.5 Å². The molecule has 112 valence electrons. The average Bonchev–Trinajstić information content (AvgIpc) is 2.43. The number of rotatable bonds is 10. The standard InChI is InChI=1S/C16H25NO3/c1-5-19-15-8-6-7-14(11-17-9-10-18-4)16(15)20-12-13(2)3/h6-8,17H,2,5,9-12H2,1,3-4H3. The monoisotopic (exact) mass is 279 g/mol. The molecule has 1 rings (SSSR count). The van der Waals surface area contributed by atoms with E-state index in [1.165, 1.54) is 0 Å². The van der Waals surface area contributed by atoms with Crippen LogP contribution in [0, 0.1) is 0 Å². The first-order valence-corrected chi connectivity index (χ1v) is 6.90. The normalized spacial score (nSPS) is 10.3. The highest BCUT2D eigenvalue weighted by Gasteiger charge is 2.10. The molecule has 0 fully saturated rings. The van der Waals surface area contributed by atoms with Gasteiger partial charge in [0.25, 0.3) is 0 Å². The maximum absolute atomic E-state index is 5.84. The van der Waals surface area contributed by atoms with E-state index >= 15 is 0 Å². The van der Waals surface area contributed by atoms with Crippen molar-refractivity contribution in [2.45, 2.75) is 20.4 Å². The van der Waals surface area contributed by atoms with Crippen LogP contribution in [0.4, 0.5) is 0 Å². The minimum absolute atomic E-state index is 0.495. The molecule has 4 nitrogen and oxygen atoms in total. The van der Waals surface area contributed by atoms with Crippen molar-refractivity contribution in [1.29, 1.82) is 0 Å². The Morgan fingerprint density at radius 2 is 2.10 bits per heavy atom. The zero-order valence-corrected chi connectivity index (χ0v) is 12.7. The summed E-state index contributed by atoms with van der Waals surface area (Å²) in [6, 6.07) is 5.94. The second kappa shape index (κ2) is 9.39. The van der Waals surface area contributed by atoms with E-state index < -0.39 is 0 Å². The molecule has 0 atom stereocenters. The van der Waals surface area contributed by atoms with E-state index in [0.717, 1.165) is 35.7 Å². The van der Waals surface area contributed by atoms with E-state index in [-0.39, 0.29) is 0 Å². The summed E-state index contributed by atoms with van der Waals surface area (Å²) < 4.78 is 16.5. The SMILES string of the molecule is C=C(C)COc1c(CNCCOC)cccc1OCC. The van der Waals surface area contributed by atoms with Gasteiger partial charge in [0, 0.05) is 25.8 Å². The quantitative estimate of drug-likeness (QED) is 0.528. The van der Waals surface area contributed by atoms with Gasteiger partial charge in [0.1, 0.15) is 6.61 Å². The fourth-order valence-electron chi connectivity index (χ4n) is 1.73. The summed E-state index contributed by atoms with van der Waals surface area (Å²) in [7, 11) is 1.69. The Labute approximate surface area is 121 Å². The second-order valence-corrected chi connectivity index (χ2v) is 4.59. The smallest absolute Gasteiger partial charge is 0.166 e. The summed E-state index contributed by atoms with van der Waals surface area (Å²) in [5.41, 5.74) is 2.06. The van der Waals surface area contributed by atoms with Crippen molar-refractivity contribution in [3.8, 4) is 11.5 Å². The van der Waals surface area contributed by atoms with Crippen LogP contribution in [-0.4, -0.2) is 33.5 Å². The summed E-state index contributed by atoms with van der Waals surface area (Å²) in [4.78, 5) is 0. The highest BCUT2D eigenvalue weighted by molar-refractivity contribution is 5.46. The lowest BCUT2D eigenvalue weighted by molar-refractivity contribution is 0.199. The lowest BCUT2D eigenvalue weighted by Gasteiger charge is -2.16. The van der Waals surface area contributed by atoms with Crippen LogP contribution < -0.4 is 14.8 Å². The van der Waals surface area contributed by atoms with Crippen LogP contribution in [0.1, 0.15) is 19.4 Å². The first-order valence-electron chi connectivity index (χ1n) is 6.90. The van der Waals surface area contributed by atoms with Crippen molar-refractivity contribution < 1.29 is 14.2 Å². The molecule has 0 spiro atoms. The fraction of sp³-hybridized carbons (Fsp3) is 0.500. The fourth-order valence-corrected chi connectivity index (χ4v) is 1.73. The van der Waals surface area contributed by atoms with Crippen LogP contribution in [0.15, 0.2) is 30.4 Å². The third kappa shape index (κ3) is 5.63. The molecule has 20 heavy (non-hydrogen) atoms. The molecule has 0 unspecified atom stereocenters. The molecular formula is C16H25NO3. The van der Waals surface area contributed by atoms with Crippen LogP contribution in [0.3, 0.4) is 0 Å². The maximum atomic E-state index is 5.84. The topological polar surface area (TPSA) is 39.7 Å². The zero-order chi connectivity index (χ0) is 14.8. The first-order chi connectivity index (χ1) is 9.69. The molecule has 0 aliphatic heterocycles. The zero-order valence-electron chi connectivity index (χ0n) is 12.7. The van der Waals surface area contributed by atoms with Gasteiger partial charge in [-0.2, -0.15) is 0 Å². The Hall–Kier alpha value is -1.52. The minimum Gasteiger partial charge on any atom is -0.490 e. The maximum Gasteiger partial charge on any atom is 0.166 e. The van der Waals surface area contributed by atoms with Crippen LogP contribution >= 0.6 is 0 Å². The van der Waals surface area contributed by atoms with Crippen molar-refractivity contribution in [2.75, 3.05) is 33.5 Å². The molecule has 0 aromatic heterocycles. The number of hydrogen-bond acceptors (Lipinski definition) is 4. The van der Waals surface area contributed by atoms with Crippen molar-refractivity contribution >= 4 is 0 Å². The molecule has 0 saturated heterocycles. The Morgan fingerprint density at radius 1 is 1.30 bits per heavy atom. The molecule has 1 aromatic rings. The molecule has 0 radical (unpaired) electrons. The predicted octanol–water partition coefficient (Wildman–Crippen LogP) is 2.78. The van der Waals surface area contributed by atoms with Gasteiger partial charge in [-0.25, -0.2) is 0 Å². The molecule has 0 bridgehead atoms. The van der Waals surface area contributed by atoms with Gasteiger partial charge in [0.15, 0.2) is 11.5 Å². The average molecular weight is 279 g/mol. The number of benzene rings is 1. The van der Waals surface area contributed by atoms with Crippen molar-refractivity contribution in [1.82, 2.24) is 5.32 Å². The van der Waals surface area contributed by atoms with Gasteiger partial charge in [0.05, 0.1) is 13.2 Å². The van der Waals surface area contributed by atoms with E-state index in [0.29, 0.717) is 19.8 Å². The molecule has 0 aliphatic carbocycles. The van der Waals surface area contributed by atoms with Crippen LogP contribution in [0.5, 0.6) is 11.5 Å². The number of methoxy groups -OCH3 is 1. The third-order valence-electron chi connectivity index (χ3n) is 2.62. The lowest BCUT2D eigenvalue weighted by Crippen LogP contribution is -2.19. The van der Waals surface area contributed by atoms with E-state index in [9.17, 15) is 0 Å². The number of para-hydroxylation sites is 1. The van der Waals surface area contributed by atoms with Crippen LogP contribution in [0.2, 0.25) is 0 Å². The Morgan fingerprint density at radius 3 is 2.75 bits per heavy atom. The number of nitrogens with one attached hydrogen (secondary N) is 1. The highest BCUT2D eigenvalue weighted by atomic mass is 16.5. The molecule has 0 heterocycles. The molecule has 1 N–H and O–H groups in total. The number of hydrogen-bond donors (Lipinski definition) is 1. The predicted molar refractivity (Wildman–Crippen MR) is 81.5 cm³/mol. The highest BCUT2D eigenvalue weighted by Crippen LogP contribution is 2.31. The molecule has 0 amide bonds. The summed E-state index contributed by atoms with van der Waals surface area (Å²) in [5.74, 6) is 1.57. The summed E-state index contributed by atoms with van der Waals surface area (Å²) in [6.45, 7) is 11.1. The number of ether oxygens (including phenoxy) is 3. The lowest BCUT2D eigenvalue weighted by atomic mass is 10.2. The summed E-state index contributed by atoms with van der Waals surface area (Å²) in [5, 5.41) is 3.32. The van der Waals surface area contributed by atoms with E-state index in [2.05, 4.69) is 11.9 Å². The first kappa shape index (κ1) is 16.5. The molecule has 0 saturated carbocycles. The minimum atomic E-state index is 0.495. The van der Waals surface area contributed by atoms with E-state index in [1.54, 1.807) is 7.11 Å². The van der Waals surface area contributed by atoms with E-state index in [4.69, 9.17) is 14.2 Å². The van der Waals surface area contributed by atoms with E-state index in [1.807, 2.05) is 32.0 Å². The van der Waals surface area contributed by atoms with Gasteiger partial charge in [-0.1, -0.05) is 18.7 Å². The van der Waals surface area contributed by atoms with Gasteiger partial charge < -0.3 is 19.5 Å². The molecule has 1 aromatic carbocycles. The molecule has 4 heteroatoms. The van der Waals surface area contributed by atoms with Crippen molar-refractivity contribution in [2.24, 2.45) is 0 Å². The van der Waals surface area contributed by atoms with Gasteiger partial charge in [-0.15, -0.1) is 0 Å². The second-order valence-electron chi connectivity index (χ2n) is 4.59. The van der Waals surface area contributed by atoms with Crippen LogP contribution in [0.25, 0.3) is 0 Å². The van der Waals surface area contributed by atoms with Crippen molar-refractivity contribution in [3.63, 3.8) is 0 Å². The summed E-state index contributed by atoms with van der Waals surface area (Å²) in [6.07, 6.45) is 0. The van der Waals surface area contributed by atoms with Crippen molar-refractivity contribution in [3.05, 3.63) is 35.9 Å². The Kier molecular flexibility index (Phi) is 7.77. The van der Waals surface area contributed by atoms with Gasteiger partial charge >= 0.3 is 0 Å². The Bertz CT molecular complexity index is 418. The van der Waals surface area contributed by atoms with Gasteiger partial charge in [0.2, 0.25) is 0 Å². The van der Waals surface area contributed by atoms with Crippen LogP contribution in [-0.2, 0) is 11.3 Å². The summed E-state index contributed by atoms with van der Waals surface area (Å²) >= 11 is 0. The Balaban J connectivity index is 2.78. The van der Waals surface area contributed by atoms with Gasteiger partial charge in [-0.3, -0.25) is 0 Å². The largest absolute Gasteiger partial charge is 0.490 e. The third-order valence-corrected chi connectivity index (χ3v) is 2.62.